The molecule has 0 aliphatic heterocycles. The molecular formula is C18H16N2O4. The molecule has 0 fully saturated rings. The number of carbonyl (C=O) groups excluding carboxylic acids is 1. The van der Waals surface area contributed by atoms with Gasteiger partial charge in [-0.15, -0.1) is 0 Å². The lowest BCUT2D eigenvalue weighted by Crippen LogP contribution is -2.30. The maximum atomic E-state index is 12.4. The number of benzene rings is 1. The standard InChI is InChI=1S/C18H16N2O4/c1-11(12-6-8-19-9-7-12)20-17(21)14-10-13-4-3-5-15(23-2)16(13)24-18(14)22/h3-11H,1-2H3,(H,20,21)/t11-/m0/s1. The van der Waals surface area contributed by atoms with E-state index in [9.17, 15) is 9.59 Å². The van der Waals surface area contributed by atoms with E-state index < -0.39 is 11.5 Å². The third kappa shape index (κ3) is 2.99. The predicted molar refractivity (Wildman–Crippen MR) is 89.2 cm³/mol. The van der Waals surface area contributed by atoms with Crippen LogP contribution in [0.25, 0.3) is 11.0 Å². The number of methoxy groups -OCH3 is 1. The van der Waals surface area contributed by atoms with E-state index in [0.717, 1.165) is 5.56 Å². The summed E-state index contributed by atoms with van der Waals surface area (Å²) in [7, 11) is 1.49. The van der Waals surface area contributed by atoms with E-state index in [1.807, 2.05) is 6.92 Å². The van der Waals surface area contributed by atoms with Crippen LogP contribution in [0.2, 0.25) is 0 Å². The maximum Gasteiger partial charge on any atom is 0.349 e. The summed E-state index contributed by atoms with van der Waals surface area (Å²) in [5, 5.41) is 3.41. The number of carbonyl (C=O) groups is 1. The molecule has 6 heteroatoms. The van der Waals surface area contributed by atoms with E-state index in [4.69, 9.17) is 9.15 Å². The number of para-hydroxylation sites is 1. The molecule has 2 aromatic heterocycles. The summed E-state index contributed by atoms with van der Waals surface area (Å²) in [5.41, 5.74) is 0.469. The lowest BCUT2D eigenvalue weighted by molar-refractivity contribution is 0.0936. The molecule has 1 amide bonds. The molecule has 3 rings (SSSR count). The number of nitrogens with one attached hydrogen (secondary N) is 1. The highest BCUT2D eigenvalue weighted by Gasteiger charge is 2.17. The third-order valence-corrected chi connectivity index (χ3v) is 3.74. The molecule has 1 aromatic carbocycles. The molecule has 122 valence electrons. The zero-order valence-electron chi connectivity index (χ0n) is 13.3. The third-order valence-electron chi connectivity index (χ3n) is 3.74. The Morgan fingerprint density at radius 1 is 1.25 bits per heavy atom. The molecule has 2 heterocycles. The minimum absolute atomic E-state index is 0.0448. The Morgan fingerprint density at radius 3 is 2.71 bits per heavy atom. The Kier molecular flexibility index (Phi) is 4.29. The van der Waals surface area contributed by atoms with E-state index in [1.165, 1.54) is 13.2 Å². The number of hydrogen-bond acceptors (Lipinski definition) is 5. The summed E-state index contributed by atoms with van der Waals surface area (Å²) in [5.74, 6) is -0.0421. The van der Waals surface area contributed by atoms with Crippen LogP contribution in [0.4, 0.5) is 0 Å². The van der Waals surface area contributed by atoms with E-state index >= 15 is 0 Å². The minimum atomic E-state index is -0.702. The topological polar surface area (TPSA) is 81.4 Å². The molecule has 1 atom stereocenters. The number of amides is 1. The molecule has 1 N–H and O–H groups in total. The number of hydrogen-bond donors (Lipinski definition) is 1. The molecule has 3 aromatic rings. The van der Waals surface area contributed by atoms with Gasteiger partial charge in [-0.1, -0.05) is 12.1 Å². The highest BCUT2D eigenvalue weighted by Crippen LogP contribution is 2.24. The lowest BCUT2D eigenvalue weighted by Gasteiger charge is -2.13. The van der Waals surface area contributed by atoms with Crippen molar-refractivity contribution in [1.29, 1.82) is 0 Å². The second kappa shape index (κ2) is 6.54. The van der Waals surface area contributed by atoms with Crippen LogP contribution >= 0.6 is 0 Å². The Balaban J connectivity index is 1.93. The summed E-state index contributed by atoms with van der Waals surface area (Å²) in [6.45, 7) is 1.83. The van der Waals surface area contributed by atoms with Crippen LogP contribution in [0.1, 0.15) is 28.9 Å². The lowest BCUT2D eigenvalue weighted by atomic mass is 10.1. The second-order valence-corrected chi connectivity index (χ2v) is 5.30. The number of aromatic nitrogens is 1. The molecular weight excluding hydrogens is 308 g/mol. The summed E-state index contributed by atoms with van der Waals surface area (Å²) in [6, 6.07) is 10.1. The van der Waals surface area contributed by atoms with Crippen LogP contribution in [0.15, 0.2) is 58.0 Å². The molecule has 24 heavy (non-hydrogen) atoms. The van der Waals surface area contributed by atoms with Crippen molar-refractivity contribution in [2.45, 2.75) is 13.0 Å². The van der Waals surface area contributed by atoms with E-state index in [1.54, 1.807) is 42.7 Å². The van der Waals surface area contributed by atoms with Crippen LogP contribution in [-0.2, 0) is 0 Å². The van der Waals surface area contributed by atoms with E-state index in [2.05, 4.69) is 10.3 Å². The molecule has 0 saturated heterocycles. The molecule has 6 nitrogen and oxygen atoms in total. The summed E-state index contributed by atoms with van der Waals surface area (Å²) in [6.07, 6.45) is 3.29. The minimum Gasteiger partial charge on any atom is -0.493 e. The van der Waals surface area contributed by atoms with Crippen molar-refractivity contribution in [3.05, 3.63) is 70.3 Å². The Bertz CT molecular complexity index is 935. The van der Waals surface area contributed by atoms with Gasteiger partial charge >= 0.3 is 5.63 Å². The van der Waals surface area contributed by atoms with Crippen LogP contribution in [0.3, 0.4) is 0 Å². The van der Waals surface area contributed by atoms with Crippen molar-refractivity contribution in [3.8, 4) is 5.75 Å². The van der Waals surface area contributed by atoms with Crippen molar-refractivity contribution in [2.24, 2.45) is 0 Å². The molecule has 0 unspecified atom stereocenters. The number of pyridine rings is 1. The Labute approximate surface area is 138 Å². The van der Waals surface area contributed by atoms with Crippen molar-refractivity contribution in [3.63, 3.8) is 0 Å². The summed E-state index contributed by atoms with van der Waals surface area (Å²) in [4.78, 5) is 28.5. The fourth-order valence-corrected chi connectivity index (χ4v) is 2.45. The molecule has 0 spiro atoms. The van der Waals surface area contributed by atoms with Gasteiger partial charge in [-0.25, -0.2) is 4.79 Å². The van der Waals surface area contributed by atoms with Crippen LogP contribution in [0, 0.1) is 0 Å². The number of rotatable bonds is 4. The van der Waals surface area contributed by atoms with Crippen molar-refractivity contribution in [1.82, 2.24) is 10.3 Å². The first kappa shape index (κ1) is 15.7. The number of ether oxygens (including phenoxy) is 1. The average Bonchev–Trinajstić information content (AvgIpc) is 2.61. The number of fused-ring (bicyclic) bond motifs is 1. The monoisotopic (exact) mass is 324 g/mol. The SMILES string of the molecule is COc1cccc2cc(C(=O)N[C@@H](C)c3ccncc3)c(=O)oc12. The van der Waals surface area contributed by atoms with Crippen molar-refractivity contribution >= 4 is 16.9 Å². The first-order valence-electron chi connectivity index (χ1n) is 7.42. The normalized spacial score (nSPS) is 11.9. The van der Waals surface area contributed by atoms with Gasteiger partial charge in [-0.2, -0.15) is 0 Å². The first-order valence-corrected chi connectivity index (χ1v) is 7.42. The highest BCUT2D eigenvalue weighted by molar-refractivity contribution is 5.97. The molecule has 0 aliphatic carbocycles. The first-order chi connectivity index (χ1) is 11.6. The Morgan fingerprint density at radius 2 is 2.00 bits per heavy atom. The largest absolute Gasteiger partial charge is 0.493 e. The van der Waals surface area contributed by atoms with Gasteiger partial charge in [0.1, 0.15) is 5.56 Å². The van der Waals surface area contributed by atoms with Crippen LogP contribution in [-0.4, -0.2) is 18.0 Å². The quantitative estimate of drug-likeness (QED) is 0.746. The zero-order valence-corrected chi connectivity index (χ0v) is 13.3. The molecule has 0 radical (unpaired) electrons. The smallest absolute Gasteiger partial charge is 0.349 e. The highest BCUT2D eigenvalue weighted by atomic mass is 16.5. The fourth-order valence-electron chi connectivity index (χ4n) is 2.45. The van der Waals surface area contributed by atoms with Gasteiger partial charge in [0.05, 0.1) is 13.2 Å². The predicted octanol–water partition coefficient (Wildman–Crippen LogP) is 2.69. The van der Waals surface area contributed by atoms with Gasteiger partial charge in [0, 0.05) is 17.8 Å². The van der Waals surface area contributed by atoms with Crippen molar-refractivity contribution in [2.75, 3.05) is 7.11 Å². The summed E-state index contributed by atoms with van der Waals surface area (Å²) < 4.78 is 10.4. The van der Waals surface area contributed by atoms with Gasteiger partial charge in [-0.05, 0) is 36.8 Å². The number of nitrogens with zero attached hydrogens (tertiary/aromatic N) is 1. The van der Waals surface area contributed by atoms with Gasteiger partial charge in [0.2, 0.25) is 0 Å². The molecule has 0 bridgehead atoms. The second-order valence-electron chi connectivity index (χ2n) is 5.30. The van der Waals surface area contributed by atoms with E-state index in [0.29, 0.717) is 16.7 Å². The van der Waals surface area contributed by atoms with Crippen molar-refractivity contribution < 1.29 is 13.9 Å². The summed E-state index contributed by atoms with van der Waals surface area (Å²) >= 11 is 0. The molecule has 0 aliphatic rings. The molecule has 0 saturated carbocycles. The average molecular weight is 324 g/mol. The zero-order chi connectivity index (χ0) is 17.1. The Hall–Kier alpha value is -3.15. The van der Waals surface area contributed by atoms with Crippen LogP contribution in [0.5, 0.6) is 5.75 Å². The van der Waals surface area contributed by atoms with Gasteiger partial charge in [-0.3, -0.25) is 9.78 Å². The maximum absolute atomic E-state index is 12.4. The van der Waals surface area contributed by atoms with E-state index in [-0.39, 0.29) is 11.6 Å². The van der Waals surface area contributed by atoms with Gasteiger partial charge < -0.3 is 14.5 Å². The van der Waals surface area contributed by atoms with Gasteiger partial charge in [0.25, 0.3) is 5.91 Å². The fraction of sp³-hybridized carbons (Fsp3) is 0.167. The van der Waals surface area contributed by atoms with Gasteiger partial charge in [0.15, 0.2) is 11.3 Å². The van der Waals surface area contributed by atoms with Crippen LogP contribution < -0.4 is 15.7 Å².